The molecule has 10 nitrogen and oxygen atoms in total. The van der Waals surface area contributed by atoms with Gasteiger partial charge in [-0.05, 0) is 38.5 Å². The van der Waals surface area contributed by atoms with Crippen LogP contribution in [-0.2, 0) is 32.7 Å². The van der Waals surface area contributed by atoms with Gasteiger partial charge in [-0.2, -0.15) is 0 Å². The zero-order valence-electron chi connectivity index (χ0n) is 32.7. The van der Waals surface area contributed by atoms with Crippen molar-refractivity contribution in [2.45, 2.75) is 206 Å². The summed E-state index contributed by atoms with van der Waals surface area (Å²) in [5, 5.41) is 8.87. The number of carboxylic acids is 1. The predicted molar refractivity (Wildman–Crippen MR) is 208 cm³/mol. The lowest BCUT2D eigenvalue weighted by atomic mass is 10.1. The van der Waals surface area contributed by atoms with E-state index in [0.29, 0.717) is 13.0 Å². The Bertz CT molecular complexity index is 873. The van der Waals surface area contributed by atoms with Crippen LogP contribution in [0.5, 0.6) is 0 Å². The number of ether oxygens (including phenoxy) is 2. The molecule has 0 saturated carbocycles. The second-order valence-corrected chi connectivity index (χ2v) is 15.6. The highest BCUT2D eigenvalue weighted by Gasteiger charge is 2.27. The number of esters is 1. The SMILES string of the molecule is CCCCCCCC/C=C\CCCCCCCCCCCC(=O)OC(COCCCCCCCCCCCC)COP(=O)(O)OCC(N)C(=O)O. The van der Waals surface area contributed by atoms with E-state index in [4.69, 9.17) is 29.4 Å². The molecule has 0 saturated heterocycles. The number of phosphoric ester groups is 1. The molecule has 0 aromatic heterocycles. The molecule has 0 amide bonds. The van der Waals surface area contributed by atoms with Crippen LogP contribution in [0.25, 0.3) is 0 Å². The van der Waals surface area contributed by atoms with Gasteiger partial charge in [0.1, 0.15) is 12.1 Å². The van der Waals surface area contributed by atoms with E-state index in [-0.39, 0.29) is 13.0 Å². The molecule has 11 heteroatoms. The van der Waals surface area contributed by atoms with E-state index in [0.717, 1.165) is 38.5 Å². The number of carbonyl (C=O) groups is 2. The number of rotatable bonds is 40. The number of carboxylic acid groups (broad SMARTS) is 1. The molecule has 0 spiro atoms. The summed E-state index contributed by atoms with van der Waals surface area (Å²) in [5.41, 5.74) is 5.34. The highest BCUT2D eigenvalue weighted by atomic mass is 31.2. The first-order valence-corrected chi connectivity index (χ1v) is 22.2. The smallest absolute Gasteiger partial charge is 0.472 e. The third-order valence-corrected chi connectivity index (χ3v) is 10.00. The fraction of sp³-hybridized carbons (Fsp3) is 0.900. The van der Waals surface area contributed by atoms with Crippen LogP contribution in [0, 0.1) is 0 Å². The summed E-state index contributed by atoms with van der Waals surface area (Å²) in [5.74, 6) is -1.77. The number of aliphatic carboxylic acids is 1. The van der Waals surface area contributed by atoms with Gasteiger partial charge in [0, 0.05) is 13.0 Å². The molecule has 302 valence electrons. The first-order valence-electron chi connectivity index (χ1n) is 20.7. The zero-order valence-corrected chi connectivity index (χ0v) is 33.6. The van der Waals surface area contributed by atoms with Gasteiger partial charge in [-0.15, -0.1) is 0 Å². The summed E-state index contributed by atoms with van der Waals surface area (Å²) in [6.45, 7) is 3.88. The van der Waals surface area contributed by atoms with Crippen molar-refractivity contribution in [3.63, 3.8) is 0 Å². The van der Waals surface area contributed by atoms with Crippen molar-refractivity contribution >= 4 is 19.8 Å². The quantitative estimate of drug-likeness (QED) is 0.0239. The predicted octanol–water partition coefficient (Wildman–Crippen LogP) is 11.0. The minimum Gasteiger partial charge on any atom is -0.480 e. The molecule has 0 rings (SSSR count). The fourth-order valence-corrected chi connectivity index (χ4v) is 6.55. The molecular formula is C40H78NO9P. The molecule has 3 unspecified atom stereocenters. The van der Waals surface area contributed by atoms with Gasteiger partial charge in [0.05, 0.1) is 19.8 Å². The Kier molecular flexibility index (Phi) is 36.1. The molecule has 0 heterocycles. The number of hydrogen-bond acceptors (Lipinski definition) is 8. The van der Waals surface area contributed by atoms with Gasteiger partial charge in [0.2, 0.25) is 0 Å². The normalized spacial score (nSPS) is 14.1. The molecule has 0 aliphatic carbocycles. The summed E-state index contributed by atoms with van der Waals surface area (Å²) in [7, 11) is -4.60. The molecule has 0 aromatic carbocycles. The van der Waals surface area contributed by atoms with Gasteiger partial charge < -0.3 is 25.2 Å². The second-order valence-electron chi connectivity index (χ2n) is 14.1. The number of carbonyl (C=O) groups excluding carboxylic acids is 1. The average molecular weight is 748 g/mol. The summed E-state index contributed by atoms with van der Waals surface area (Å²) >= 11 is 0. The van der Waals surface area contributed by atoms with Gasteiger partial charge in [0.25, 0.3) is 0 Å². The Hall–Kier alpha value is -1.29. The van der Waals surface area contributed by atoms with Crippen molar-refractivity contribution in [2.24, 2.45) is 5.73 Å². The summed E-state index contributed by atoms with van der Waals surface area (Å²) in [6.07, 6.45) is 36.9. The number of hydrogen-bond donors (Lipinski definition) is 3. The average Bonchev–Trinajstić information content (AvgIpc) is 3.10. The molecule has 0 aliphatic rings. The maximum atomic E-state index is 12.6. The summed E-state index contributed by atoms with van der Waals surface area (Å²) < 4.78 is 33.2. The highest BCUT2D eigenvalue weighted by molar-refractivity contribution is 7.47. The Morgan fingerprint density at radius 2 is 1.02 bits per heavy atom. The minimum atomic E-state index is -4.60. The molecule has 51 heavy (non-hydrogen) atoms. The minimum absolute atomic E-state index is 0.0211. The van der Waals surface area contributed by atoms with Crippen LogP contribution in [-0.4, -0.2) is 60.5 Å². The number of unbranched alkanes of at least 4 members (excludes halogenated alkanes) is 24. The zero-order chi connectivity index (χ0) is 37.7. The third kappa shape index (κ3) is 36.8. The maximum absolute atomic E-state index is 12.6. The highest BCUT2D eigenvalue weighted by Crippen LogP contribution is 2.43. The Morgan fingerprint density at radius 3 is 1.49 bits per heavy atom. The fourth-order valence-electron chi connectivity index (χ4n) is 5.77. The Morgan fingerprint density at radius 1 is 0.608 bits per heavy atom. The van der Waals surface area contributed by atoms with Crippen LogP contribution in [0.15, 0.2) is 12.2 Å². The van der Waals surface area contributed by atoms with Gasteiger partial charge in [-0.3, -0.25) is 18.6 Å². The topological polar surface area (TPSA) is 155 Å². The van der Waals surface area contributed by atoms with E-state index < -0.39 is 45.1 Å². The number of phosphoric acid groups is 1. The van der Waals surface area contributed by atoms with Crippen LogP contribution < -0.4 is 5.73 Å². The molecule has 0 fully saturated rings. The summed E-state index contributed by atoms with van der Waals surface area (Å²) in [6, 6.07) is -1.47. The van der Waals surface area contributed by atoms with Crippen LogP contribution in [0.1, 0.15) is 194 Å². The van der Waals surface area contributed by atoms with E-state index in [1.165, 1.54) is 128 Å². The van der Waals surface area contributed by atoms with Gasteiger partial charge in [0.15, 0.2) is 0 Å². The van der Waals surface area contributed by atoms with Crippen molar-refractivity contribution in [2.75, 3.05) is 26.4 Å². The molecule has 3 atom stereocenters. The largest absolute Gasteiger partial charge is 0.480 e. The van der Waals surface area contributed by atoms with Crippen molar-refractivity contribution in [1.29, 1.82) is 0 Å². The van der Waals surface area contributed by atoms with Crippen LogP contribution in [0.2, 0.25) is 0 Å². The molecule has 4 N–H and O–H groups in total. The number of allylic oxidation sites excluding steroid dienone is 2. The first-order chi connectivity index (χ1) is 24.7. The molecular weight excluding hydrogens is 669 g/mol. The van der Waals surface area contributed by atoms with E-state index >= 15 is 0 Å². The van der Waals surface area contributed by atoms with Crippen molar-refractivity contribution < 1.29 is 42.7 Å². The van der Waals surface area contributed by atoms with E-state index in [1.54, 1.807) is 0 Å². The Balaban J connectivity index is 4.18. The molecule has 0 aromatic rings. The monoisotopic (exact) mass is 748 g/mol. The second kappa shape index (κ2) is 37.0. The molecule has 0 aliphatic heterocycles. The standard InChI is InChI=1S/C40H78NO9P/c1-3-5-7-9-11-13-15-16-17-18-19-20-21-22-23-24-26-28-30-32-39(42)50-37(35-48-51(45,46)49-36-38(41)40(43)44)34-47-33-31-29-27-25-14-12-10-8-6-4-2/h16-17,37-38H,3-15,18-36,41H2,1-2H3,(H,43,44)(H,45,46)/b17-16-. The third-order valence-electron chi connectivity index (χ3n) is 9.04. The van der Waals surface area contributed by atoms with Crippen LogP contribution >= 0.6 is 7.82 Å². The lowest BCUT2D eigenvalue weighted by Gasteiger charge is -2.20. The number of nitrogens with two attached hydrogens (primary N) is 1. The lowest BCUT2D eigenvalue weighted by molar-refractivity contribution is -0.154. The van der Waals surface area contributed by atoms with E-state index in [9.17, 15) is 19.0 Å². The van der Waals surface area contributed by atoms with Crippen molar-refractivity contribution in [1.82, 2.24) is 0 Å². The van der Waals surface area contributed by atoms with Crippen molar-refractivity contribution in [3.05, 3.63) is 12.2 Å². The van der Waals surface area contributed by atoms with Crippen LogP contribution in [0.3, 0.4) is 0 Å². The van der Waals surface area contributed by atoms with Crippen molar-refractivity contribution in [3.8, 4) is 0 Å². The summed E-state index contributed by atoms with van der Waals surface area (Å²) in [4.78, 5) is 33.4. The van der Waals surface area contributed by atoms with Gasteiger partial charge >= 0.3 is 19.8 Å². The first kappa shape index (κ1) is 49.7. The van der Waals surface area contributed by atoms with Gasteiger partial charge in [-0.25, -0.2) is 4.57 Å². The van der Waals surface area contributed by atoms with Crippen LogP contribution in [0.4, 0.5) is 0 Å². The van der Waals surface area contributed by atoms with Gasteiger partial charge in [-0.1, -0.05) is 161 Å². The lowest BCUT2D eigenvalue weighted by Crippen LogP contribution is -2.34. The molecule has 0 radical (unpaired) electrons. The van der Waals surface area contributed by atoms with E-state index in [1.807, 2.05) is 0 Å². The molecule has 0 bridgehead atoms. The Labute approximate surface area is 312 Å². The maximum Gasteiger partial charge on any atom is 0.472 e. The van der Waals surface area contributed by atoms with E-state index in [2.05, 4.69) is 26.0 Å².